The summed E-state index contributed by atoms with van der Waals surface area (Å²) in [6, 6.07) is 9.84. The summed E-state index contributed by atoms with van der Waals surface area (Å²) in [6.45, 7) is 6.60. The van der Waals surface area contributed by atoms with E-state index in [1.165, 1.54) is 5.69 Å². The quantitative estimate of drug-likeness (QED) is 0.622. The normalized spacial score (nSPS) is 19.3. The number of rotatable bonds is 5. The standard InChI is InChI=1S/C24H29N7O2/c1-16(2)28-23(32)30-9-6-24(15-30)7-10-31-21(24)12-19(29-31)17-11-20(22(25)27-13-17)33-14-18-5-3-4-8-26-18/h3-5,8,11-13,16H,6-7,9-10,14-15H2,1-2H3,(H2,25,27)(H,28,32)/t24-/m1/s1. The lowest BCUT2D eigenvalue weighted by atomic mass is 9.82. The third-order valence-corrected chi connectivity index (χ3v) is 6.46. The molecule has 3 aromatic heterocycles. The first-order valence-corrected chi connectivity index (χ1v) is 11.4. The third kappa shape index (κ3) is 4.10. The second-order valence-electron chi connectivity index (χ2n) is 9.16. The number of carbonyl (C=O) groups excluding carboxylic acids is 1. The lowest BCUT2D eigenvalue weighted by Crippen LogP contribution is -2.43. The average molecular weight is 448 g/mol. The molecule has 3 N–H and O–H groups in total. The maximum absolute atomic E-state index is 12.5. The molecule has 33 heavy (non-hydrogen) atoms. The minimum absolute atomic E-state index is 0.0116. The van der Waals surface area contributed by atoms with E-state index in [4.69, 9.17) is 15.6 Å². The smallest absolute Gasteiger partial charge is 0.317 e. The van der Waals surface area contributed by atoms with Crippen molar-refractivity contribution in [3.05, 3.63) is 54.1 Å². The van der Waals surface area contributed by atoms with E-state index in [0.717, 1.165) is 49.4 Å². The van der Waals surface area contributed by atoms with Crippen LogP contribution < -0.4 is 15.8 Å². The first kappa shape index (κ1) is 21.2. The lowest BCUT2D eigenvalue weighted by molar-refractivity contribution is 0.203. The summed E-state index contributed by atoms with van der Waals surface area (Å²) in [5.74, 6) is 0.846. The summed E-state index contributed by atoms with van der Waals surface area (Å²) in [6.07, 6.45) is 5.40. The largest absolute Gasteiger partial charge is 0.483 e. The van der Waals surface area contributed by atoms with E-state index >= 15 is 0 Å². The van der Waals surface area contributed by atoms with Crippen LogP contribution in [-0.2, 0) is 18.6 Å². The van der Waals surface area contributed by atoms with Crippen LogP contribution in [0, 0.1) is 0 Å². The molecular weight excluding hydrogens is 418 g/mol. The molecule has 0 unspecified atom stereocenters. The number of urea groups is 1. The van der Waals surface area contributed by atoms with Crippen molar-refractivity contribution < 1.29 is 9.53 Å². The number of nitrogen functional groups attached to an aromatic ring is 1. The average Bonchev–Trinajstić information content (AvgIpc) is 3.50. The Balaban J connectivity index is 1.35. The molecule has 3 aromatic rings. The molecule has 5 rings (SSSR count). The molecule has 9 nitrogen and oxygen atoms in total. The van der Waals surface area contributed by atoms with Crippen molar-refractivity contribution in [3.8, 4) is 17.0 Å². The predicted octanol–water partition coefficient (Wildman–Crippen LogP) is 2.97. The van der Waals surface area contributed by atoms with Crippen molar-refractivity contribution in [2.45, 2.75) is 51.3 Å². The Morgan fingerprint density at radius 3 is 2.88 bits per heavy atom. The topological polar surface area (TPSA) is 111 Å². The number of ether oxygens (including phenoxy) is 1. The Kier molecular flexibility index (Phi) is 5.39. The van der Waals surface area contributed by atoms with Crippen LogP contribution in [0.5, 0.6) is 5.75 Å². The van der Waals surface area contributed by atoms with Gasteiger partial charge in [0.1, 0.15) is 6.61 Å². The van der Waals surface area contributed by atoms with Gasteiger partial charge in [-0.3, -0.25) is 9.67 Å². The fourth-order valence-electron chi connectivity index (χ4n) is 4.75. The number of nitrogens with two attached hydrogens (primary N) is 1. The maximum Gasteiger partial charge on any atom is 0.317 e. The molecule has 0 aromatic carbocycles. The van der Waals surface area contributed by atoms with Crippen molar-refractivity contribution in [2.75, 3.05) is 18.8 Å². The zero-order chi connectivity index (χ0) is 23.0. The highest BCUT2D eigenvalue weighted by Crippen LogP contribution is 2.44. The number of aryl methyl sites for hydroxylation is 1. The van der Waals surface area contributed by atoms with Gasteiger partial charge < -0.3 is 20.7 Å². The molecule has 1 saturated heterocycles. The fraction of sp³-hybridized carbons (Fsp3) is 0.417. The zero-order valence-corrected chi connectivity index (χ0v) is 19.0. The van der Waals surface area contributed by atoms with Crippen molar-refractivity contribution in [1.29, 1.82) is 0 Å². The molecule has 1 fully saturated rings. The van der Waals surface area contributed by atoms with Gasteiger partial charge in [-0.05, 0) is 51.0 Å². The molecule has 5 heterocycles. The molecule has 0 bridgehead atoms. The van der Waals surface area contributed by atoms with Crippen molar-refractivity contribution in [1.82, 2.24) is 30.0 Å². The van der Waals surface area contributed by atoms with E-state index in [2.05, 4.69) is 26.0 Å². The molecule has 2 aliphatic rings. The lowest BCUT2D eigenvalue weighted by Gasteiger charge is -2.24. The molecule has 172 valence electrons. The number of fused-ring (bicyclic) bond motifs is 2. The number of nitrogens with zero attached hydrogens (tertiary/aromatic N) is 5. The first-order valence-electron chi connectivity index (χ1n) is 11.4. The van der Waals surface area contributed by atoms with Gasteiger partial charge in [-0.2, -0.15) is 5.10 Å². The minimum atomic E-state index is -0.0425. The molecule has 0 saturated carbocycles. The van der Waals surface area contributed by atoms with Gasteiger partial charge in [0.25, 0.3) is 0 Å². The predicted molar refractivity (Wildman–Crippen MR) is 125 cm³/mol. The Bertz CT molecular complexity index is 1160. The van der Waals surface area contributed by atoms with Crippen molar-refractivity contribution >= 4 is 11.8 Å². The van der Waals surface area contributed by atoms with Crippen LogP contribution in [0.3, 0.4) is 0 Å². The zero-order valence-electron chi connectivity index (χ0n) is 19.0. The molecular formula is C24H29N7O2. The molecule has 2 amide bonds. The van der Waals surface area contributed by atoms with Crippen LogP contribution in [0.15, 0.2) is 42.7 Å². The van der Waals surface area contributed by atoms with Gasteiger partial charge in [-0.15, -0.1) is 0 Å². The second-order valence-corrected chi connectivity index (χ2v) is 9.16. The van der Waals surface area contributed by atoms with E-state index < -0.39 is 0 Å². The Labute approximate surface area is 193 Å². The molecule has 1 atom stereocenters. The SMILES string of the molecule is CC(C)NC(=O)N1CC[C@@]2(CCn3nc(-c4cnc(N)c(OCc5ccccn5)c4)cc32)C1. The van der Waals surface area contributed by atoms with Gasteiger partial charge >= 0.3 is 6.03 Å². The number of nitrogens with one attached hydrogen (secondary N) is 1. The number of hydrogen-bond acceptors (Lipinski definition) is 6. The number of likely N-dealkylation sites (tertiary alicyclic amines) is 1. The van der Waals surface area contributed by atoms with E-state index in [0.29, 0.717) is 18.2 Å². The van der Waals surface area contributed by atoms with Gasteiger partial charge in [0.2, 0.25) is 0 Å². The summed E-state index contributed by atoms with van der Waals surface area (Å²) in [5, 5.41) is 7.84. The van der Waals surface area contributed by atoms with Crippen LogP contribution in [0.2, 0.25) is 0 Å². The Morgan fingerprint density at radius 2 is 2.09 bits per heavy atom. The van der Waals surface area contributed by atoms with E-state index in [9.17, 15) is 4.79 Å². The Morgan fingerprint density at radius 1 is 1.24 bits per heavy atom. The number of amides is 2. The van der Waals surface area contributed by atoms with Crippen molar-refractivity contribution in [2.24, 2.45) is 0 Å². The Hall–Kier alpha value is -3.62. The van der Waals surface area contributed by atoms with Gasteiger partial charge in [0, 0.05) is 54.7 Å². The van der Waals surface area contributed by atoms with Crippen molar-refractivity contribution in [3.63, 3.8) is 0 Å². The highest BCUT2D eigenvalue weighted by Gasteiger charge is 2.47. The highest BCUT2D eigenvalue weighted by atomic mass is 16.5. The second kappa shape index (κ2) is 8.38. The van der Waals surface area contributed by atoms with Crippen LogP contribution >= 0.6 is 0 Å². The van der Waals surface area contributed by atoms with Gasteiger partial charge in [-0.25, -0.2) is 9.78 Å². The molecule has 0 aliphatic carbocycles. The molecule has 0 radical (unpaired) electrons. The number of aromatic nitrogens is 4. The summed E-state index contributed by atoms with van der Waals surface area (Å²) in [5.41, 5.74) is 9.70. The van der Waals surface area contributed by atoms with Crippen LogP contribution in [0.4, 0.5) is 10.6 Å². The third-order valence-electron chi connectivity index (χ3n) is 6.46. The fourth-order valence-corrected chi connectivity index (χ4v) is 4.75. The van der Waals surface area contributed by atoms with Crippen LogP contribution in [0.1, 0.15) is 38.1 Å². The van der Waals surface area contributed by atoms with E-state index in [-0.39, 0.29) is 17.5 Å². The molecule has 2 aliphatic heterocycles. The summed E-state index contributed by atoms with van der Waals surface area (Å²) >= 11 is 0. The number of anilines is 1. The van der Waals surface area contributed by atoms with Crippen LogP contribution in [0.25, 0.3) is 11.3 Å². The highest BCUT2D eigenvalue weighted by molar-refractivity contribution is 5.75. The van der Waals surface area contributed by atoms with Gasteiger partial charge in [0.05, 0.1) is 11.4 Å². The maximum atomic E-state index is 12.5. The summed E-state index contributed by atoms with van der Waals surface area (Å²) in [7, 11) is 0. The monoisotopic (exact) mass is 447 g/mol. The number of pyridine rings is 2. The van der Waals surface area contributed by atoms with Gasteiger partial charge in [-0.1, -0.05) is 6.07 Å². The number of carbonyl (C=O) groups is 1. The molecule has 1 spiro atoms. The number of hydrogen-bond donors (Lipinski definition) is 2. The molecule has 9 heteroatoms. The van der Waals surface area contributed by atoms with Crippen LogP contribution in [-0.4, -0.2) is 49.8 Å². The first-order chi connectivity index (χ1) is 15.9. The minimum Gasteiger partial charge on any atom is -0.483 e. The van der Waals surface area contributed by atoms with Gasteiger partial charge in [0.15, 0.2) is 11.6 Å². The van der Waals surface area contributed by atoms with E-state index in [1.807, 2.05) is 43.0 Å². The summed E-state index contributed by atoms with van der Waals surface area (Å²) in [4.78, 5) is 23.1. The van der Waals surface area contributed by atoms with E-state index in [1.54, 1.807) is 12.4 Å². The summed E-state index contributed by atoms with van der Waals surface area (Å²) < 4.78 is 7.97.